The van der Waals surface area contributed by atoms with E-state index in [0.29, 0.717) is 22.7 Å². The Balaban J connectivity index is 1.56. The van der Waals surface area contributed by atoms with Gasteiger partial charge in [0.2, 0.25) is 11.9 Å². The van der Waals surface area contributed by atoms with Crippen LogP contribution in [0.3, 0.4) is 0 Å². The Morgan fingerprint density at radius 3 is 2.66 bits per heavy atom. The number of anilines is 4. The molecule has 0 atom stereocenters. The molecule has 0 unspecified atom stereocenters. The van der Waals surface area contributed by atoms with E-state index < -0.39 is 0 Å². The molecule has 4 aromatic rings. The minimum Gasteiger partial charge on any atom is -0.494 e. The lowest BCUT2D eigenvalue weighted by molar-refractivity contribution is 0.413. The van der Waals surface area contributed by atoms with Crippen LogP contribution in [0, 0.1) is 6.92 Å². The number of aryl methyl sites for hydroxylation is 2. The highest BCUT2D eigenvalue weighted by atomic mass is 35.5. The Bertz CT molecular complexity index is 1150. The van der Waals surface area contributed by atoms with Gasteiger partial charge in [-0.3, -0.25) is 0 Å². The third-order valence-electron chi connectivity index (χ3n) is 4.31. The van der Waals surface area contributed by atoms with E-state index in [0.717, 1.165) is 22.8 Å². The molecule has 4 rings (SSSR count). The summed E-state index contributed by atoms with van der Waals surface area (Å²) in [6.45, 7) is 1.94. The fraction of sp³-hybridized carbons (Fsp3) is 0.150. The molecule has 148 valence electrons. The molecule has 0 saturated carbocycles. The van der Waals surface area contributed by atoms with Crippen LogP contribution < -0.4 is 15.4 Å². The maximum Gasteiger partial charge on any atom is 0.248 e. The van der Waals surface area contributed by atoms with E-state index in [1.54, 1.807) is 18.1 Å². The number of nitrogens with one attached hydrogen (secondary N) is 2. The van der Waals surface area contributed by atoms with E-state index in [1.165, 1.54) is 0 Å². The summed E-state index contributed by atoms with van der Waals surface area (Å²) in [7, 11) is 3.44. The van der Waals surface area contributed by atoms with E-state index in [9.17, 15) is 0 Å². The molecule has 0 amide bonds. The summed E-state index contributed by atoms with van der Waals surface area (Å²) < 4.78 is 9.11. The van der Waals surface area contributed by atoms with Crippen LogP contribution in [0.2, 0.25) is 5.02 Å². The number of hydrogen-bond acceptors (Lipinski definition) is 6. The molecule has 29 heavy (non-hydrogen) atoms. The fourth-order valence-electron chi connectivity index (χ4n) is 2.88. The average Bonchev–Trinajstić information content (AvgIpc) is 3.29. The molecule has 8 nitrogen and oxygen atoms in total. The quantitative estimate of drug-likeness (QED) is 0.489. The minimum absolute atomic E-state index is 0.454. The summed E-state index contributed by atoms with van der Waals surface area (Å²) in [5.74, 6) is 1.73. The lowest BCUT2D eigenvalue weighted by Crippen LogP contribution is -2.00. The SMILES string of the molecule is COc1cc(Nc2nc(Nc3ccccc3Cl)n(C)n2)ccc1-n1cnc(C)c1. The number of ether oxygens (including phenoxy) is 1. The van der Waals surface area contributed by atoms with Gasteiger partial charge in [0.05, 0.1) is 35.5 Å². The molecule has 0 bridgehead atoms. The van der Waals surface area contributed by atoms with Crippen molar-refractivity contribution in [1.82, 2.24) is 24.3 Å². The molecule has 0 saturated heterocycles. The Labute approximate surface area is 173 Å². The number of aromatic nitrogens is 5. The van der Waals surface area contributed by atoms with Crippen molar-refractivity contribution < 1.29 is 4.74 Å². The molecule has 2 aromatic heterocycles. The van der Waals surface area contributed by atoms with Gasteiger partial charge in [0.15, 0.2) is 0 Å². The van der Waals surface area contributed by atoms with Gasteiger partial charge in [0.25, 0.3) is 0 Å². The summed E-state index contributed by atoms with van der Waals surface area (Å²) in [4.78, 5) is 8.76. The molecule has 0 aliphatic carbocycles. The van der Waals surface area contributed by atoms with Crippen molar-refractivity contribution in [2.45, 2.75) is 6.92 Å². The first-order valence-corrected chi connectivity index (χ1v) is 9.30. The molecule has 0 radical (unpaired) electrons. The zero-order valence-electron chi connectivity index (χ0n) is 16.2. The van der Waals surface area contributed by atoms with E-state index in [2.05, 4.69) is 25.7 Å². The summed E-state index contributed by atoms with van der Waals surface area (Å²) in [5, 5.41) is 11.4. The summed E-state index contributed by atoms with van der Waals surface area (Å²) >= 11 is 6.21. The number of rotatable bonds is 6. The fourth-order valence-corrected chi connectivity index (χ4v) is 3.06. The van der Waals surface area contributed by atoms with Crippen LogP contribution in [0.25, 0.3) is 5.69 Å². The third-order valence-corrected chi connectivity index (χ3v) is 4.64. The van der Waals surface area contributed by atoms with Crippen LogP contribution in [-0.4, -0.2) is 31.4 Å². The van der Waals surface area contributed by atoms with Crippen molar-refractivity contribution >= 4 is 34.9 Å². The van der Waals surface area contributed by atoms with Crippen molar-refractivity contribution in [3.8, 4) is 11.4 Å². The van der Waals surface area contributed by atoms with Crippen LogP contribution in [0.1, 0.15) is 5.69 Å². The Kier molecular flexibility index (Phi) is 5.09. The summed E-state index contributed by atoms with van der Waals surface area (Å²) in [6.07, 6.45) is 3.70. The van der Waals surface area contributed by atoms with Crippen LogP contribution >= 0.6 is 11.6 Å². The molecular formula is C20H20ClN7O. The number of hydrogen-bond donors (Lipinski definition) is 2. The number of methoxy groups -OCH3 is 1. The van der Waals surface area contributed by atoms with Crippen molar-refractivity contribution in [1.29, 1.82) is 0 Å². The average molecular weight is 410 g/mol. The van der Waals surface area contributed by atoms with Crippen LogP contribution in [0.5, 0.6) is 5.75 Å². The molecule has 0 aliphatic rings. The van der Waals surface area contributed by atoms with E-state index in [4.69, 9.17) is 16.3 Å². The number of nitrogens with zero attached hydrogens (tertiary/aromatic N) is 5. The topological polar surface area (TPSA) is 81.8 Å². The van der Waals surface area contributed by atoms with E-state index in [-0.39, 0.29) is 0 Å². The van der Waals surface area contributed by atoms with Crippen molar-refractivity contribution in [2.75, 3.05) is 17.7 Å². The molecular weight excluding hydrogens is 390 g/mol. The van der Waals surface area contributed by atoms with Crippen LogP contribution in [-0.2, 0) is 7.05 Å². The molecule has 2 N–H and O–H groups in total. The monoisotopic (exact) mass is 409 g/mol. The molecule has 2 aromatic carbocycles. The Morgan fingerprint density at radius 1 is 1.10 bits per heavy atom. The van der Waals surface area contributed by atoms with Crippen LogP contribution in [0.15, 0.2) is 55.0 Å². The van der Waals surface area contributed by atoms with Gasteiger partial charge in [-0.2, -0.15) is 4.98 Å². The number of halogens is 1. The highest BCUT2D eigenvalue weighted by molar-refractivity contribution is 6.33. The zero-order valence-corrected chi connectivity index (χ0v) is 17.0. The van der Waals surface area contributed by atoms with Gasteiger partial charge in [0.1, 0.15) is 5.75 Å². The van der Waals surface area contributed by atoms with Gasteiger partial charge in [-0.15, -0.1) is 5.10 Å². The minimum atomic E-state index is 0.454. The van der Waals surface area contributed by atoms with Crippen molar-refractivity contribution in [2.24, 2.45) is 7.05 Å². The zero-order chi connectivity index (χ0) is 20.4. The second-order valence-corrected chi connectivity index (χ2v) is 6.83. The number of para-hydroxylation sites is 1. The first-order chi connectivity index (χ1) is 14.0. The lowest BCUT2D eigenvalue weighted by Gasteiger charge is -2.11. The Morgan fingerprint density at radius 2 is 1.93 bits per heavy atom. The summed E-state index contributed by atoms with van der Waals surface area (Å²) in [6, 6.07) is 13.3. The largest absolute Gasteiger partial charge is 0.494 e. The van der Waals surface area contributed by atoms with Gasteiger partial charge in [-0.1, -0.05) is 23.7 Å². The molecule has 0 spiro atoms. The highest BCUT2D eigenvalue weighted by Gasteiger charge is 2.11. The van der Waals surface area contributed by atoms with E-state index >= 15 is 0 Å². The van der Waals surface area contributed by atoms with Gasteiger partial charge in [-0.25, -0.2) is 9.67 Å². The molecule has 2 heterocycles. The first-order valence-electron chi connectivity index (χ1n) is 8.92. The Hall–Kier alpha value is -3.52. The maximum absolute atomic E-state index is 6.21. The second kappa shape index (κ2) is 7.84. The summed E-state index contributed by atoms with van der Waals surface area (Å²) in [5.41, 5.74) is 3.40. The number of imidazole rings is 1. The normalized spacial score (nSPS) is 10.8. The van der Waals surface area contributed by atoms with Crippen molar-refractivity contribution in [3.63, 3.8) is 0 Å². The molecule has 9 heteroatoms. The predicted molar refractivity (Wildman–Crippen MR) is 114 cm³/mol. The van der Waals surface area contributed by atoms with E-state index in [1.807, 2.05) is 67.2 Å². The predicted octanol–water partition coefficient (Wildman–Crippen LogP) is 4.46. The van der Waals surface area contributed by atoms with Gasteiger partial charge in [0, 0.05) is 25.0 Å². The maximum atomic E-state index is 6.21. The first kappa shape index (κ1) is 18.8. The van der Waals surface area contributed by atoms with Gasteiger partial charge >= 0.3 is 0 Å². The van der Waals surface area contributed by atoms with Gasteiger partial charge in [-0.05, 0) is 31.2 Å². The third kappa shape index (κ3) is 4.02. The highest BCUT2D eigenvalue weighted by Crippen LogP contribution is 2.29. The van der Waals surface area contributed by atoms with Crippen molar-refractivity contribution in [3.05, 3.63) is 65.7 Å². The smallest absolute Gasteiger partial charge is 0.248 e. The number of benzene rings is 2. The molecule has 0 fully saturated rings. The lowest BCUT2D eigenvalue weighted by atomic mass is 10.2. The second-order valence-electron chi connectivity index (χ2n) is 6.42. The van der Waals surface area contributed by atoms with Crippen LogP contribution in [0.4, 0.5) is 23.3 Å². The molecule has 0 aliphatic heterocycles. The standard InChI is InChI=1S/C20H20ClN7O/c1-13-11-28(12-22-13)17-9-8-14(10-18(17)29-3)23-19-25-20(27(2)26-19)24-16-7-5-4-6-15(16)21/h4-12H,1-3H3,(H2,23,24,25,26). The van der Waals surface area contributed by atoms with Gasteiger partial charge < -0.3 is 19.9 Å².